The van der Waals surface area contributed by atoms with Gasteiger partial charge in [0.05, 0.1) is 0 Å². The monoisotopic (exact) mass is 207 g/mol. The molecule has 0 aromatic carbocycles. The van der Waals surface area contributed by atoms with Gasteiger partial charge in [0.25, 0.3) is 0 Å². The van der Waals surface area contributed by atoms with Crippen LogP contribution in [-0.4, -0.2) is 16.7 Å². The molecular weight excluding hydrogens is 186 g/mol. The summed E-state index contributed by atoms with van der Waals surface area (Å²) in [5, 5.41) is 10.8. The van der Waals surface area contributed by atoms with Crippen LogP contribution < -0.4 is 5.32 Å². The van der Waals surface area contributed by atoms with Crippen molar-refractivity contribution in [3.05, 3.63) is 11.8 Å². The van der Waals surface area contributed by atoms with Gasteiger partial charge in [-0.3, -0.25) is 5.10 Å². The minimum atomic E-state index is 0.725. The Kier molecular flexibility index (Phi) is 3.64. The standard InChI is InChI=1S/C12H21N3/c1-2-8-13-12-9-11(14-15-12)10-6-4-3-5-7-10/h9-10H,2-8H2,1H3,(H2,13,14,15). The van der Waals surface area contributed by atoms with Crippen molar-refractivity contribution in [2.75, 3.05) is 11.9 Å². The number of nitrogens with one attached hydrogen (secondary N) is 2. The van der Waals surface area contributed by atoms with E-state index >= 15 is 0 Å². The first kappa shape index (κ1) is 10.5. The number of rotatable bonds is 4. The molecule has 0 atom stereocenters. The summed E-state index contributed by atoms with van der Waals surface area (Å²) in [7, 11) is 0. The van der Waals surface area contributed by atoms with Crippen LogP contribution in [0.15, 0.2) is 6.07 Å². The van der Waals surface area contributed by atoms with E-state index in [1.807, 2.05) is 0 Å². The molecule has 1 aromatic rings. The van der Waals surface area contributed by atoms with Crippen molar-refractivity contribution in [1.82, 2.24) is 10.2 Å². The summed E-state index contributed by atoms with van der Waals surface area (Å²) < 4.78 is 0. The molecule has 1 aliphatic carbocycles. The van der Waals surface area contributed by atoms with E-state index in [0.717, 1.165) is 24.7 Å². The predicted octanol–water partition coefficient (Wildman–Crippen LogP) is 3.28. The summed E-state index contributed by atoms with van der Waals surface area (Å²) in [6.45, 7) is 3.18. The normalized spacial score (nSPS) is 17.9. The van der Waals surface area contributed by atoms with Gasteiger partial charge in [0, 0.05) is 24.2 Å². The van der Waals surface area contributed by atoms with Crippen molar-refractivity contribution in [3.63, 3.8) is 0 Å². The van der Waals surface area contributed by atoms with E-state index in [9.17, 15) is 0 Å². The Labute approximate surface area is 91.7 Å². The fourth-order valence-corrected chi connectivity index (χ4v) is 2.30. The van der Waals surface area contributed by atoms with Crippen molar-refractivity contribution in [1.29, 1.82) is 0 Å². The second-order valence-corrected chi connectivity index (χ2v) is 4.47. The minimum Gasteiger partial charge on any atom is -0.369 e. The molecule has 3 heteroatoms. The lowest BCUT2D eigenvalue weighted by atomic mass is 9.87. The van der Waals surface area contributed by atoms with Crippen molar-refractivity contribution in [2.45, 2.75) is 51.4 Å². The Morgan fingerprint density at radius 3 is 2.93 bits per heavy atom. The topological polar surface area (TPSA) is 40.7 Å². The van der Waals surface area contributed by atoms with Gasteiger partial charge in [0.2, 0.25) is 0 Å². The summed E-state index contributed by atoms with van der Waals surface area (Å²) in [5.41, 5.74) is 1.33. The molecule has 0 saturated heterocycles. The maximum Gasteiger partial charge on any atom is 0.148 e. The zero-order valence-corrected chi connectivity index (χ0v) is 9.55. The first-order valence-electron chi connectivity index (χ1n) is 6.19. The zero-order chi connectivity index (χ0) is 10.5. The Hall–Kier alpha value is -0.990. The van der Waals surface area contributed by atoms with E-state index in [1.165, 1.54) is 37.8 Å². The lowest BCUT2D eigenvalue weighted by molar-refractivity contribution is 0.436. The largest absolute Gasteiger partial charge is 0.369 e. The molecule has 1 heterocycles. The molecule has 0 amide bonds. The highest BCUT2D eigenvalue weighted by Crippen LogP contribution is 2.32. The maximum absolute atomic E-state index is 4.29. The molecule has 1 aliphatic rings. The van der Waals surface area contributed by atoms with Crippen LogP contribution in [0, 0.1) is 0 Å². The van der Waals surface area contributed by atoms with Crippen LogP contribution in [0.1, 0.15) is 57.1 Å². The molecule has 0 spiro atoms. The minimum absolute atomic E-state index is 0.725. The number of H-pyrrole nitrogens is 1. The average Bonchev–Trinajstić information content (AvgIpc) is 2.76. The van der Waals surface area contributed by atoms with Gasteiger partial charge in [-0.05, 0) is 19.3 Å². The molecule has 0 radical (unpaired) electrons. The highest BCUT2D eigenvalue weighted by Gasteiger charge is 2.17. The molecule has 15 heavy (non-hydrogen) atoms. The fraction of sp³-hybridized carbons (Fsp3) is 0.750. The Morgan fingerprint density at radius 1 is 1.40 bits per heavy atom. The summed E-state index contributed by atoms with van der Waals surface area (Å²) >= 11 is 0. The third-order valence-corrected chi connectivity index (χ3v) is 3.20. The predicted molar refractivity (Wildman–Crippen MR) is 63.2 cm³/mol. The fourth-order valence-electron chi connectivity index (χ4n) is 2.30. The van der Waals surface area contributed by atoms with Crippen LogP contribution in [0.4, 0.5) is 5.82 Å². The van der Waals surface area contributed by atoms with E-state index in [0.29, 0.717) is 0 Å². The molecular formula is C12H21N3. The number of nitrogens with zero attached hydrogens (tertiary/aromatic N) is 1. The molecule has 2 N–H and O–H groups in total. The SMILES string of the molecule is CCCNc1cc(C2CCCCC2)[nH]n1. The quantitative estimate of drug-likeness (QED) is 0.795. The van der Waals surface area contributed by atoms with Gasteiger partial charge < -0.3 is 5.32 Å². The number of aromatic nitrogens is 2. The molecule has 1 saturated carbocycles. The van der Waals surface area contributed by atoms with Crippen LogP contribution in [0.5, 0.6) is 0 Å². The van der Waals surface area contributed by atoms with E-state index in [1.54, 1.807) is 0 Å². The van der Waals surface area contributed by atoms with Crippen molar-refractivity contribution < 1.29 is 0 Å². The Balaban J connectivity index is 1.93. The van der Waals surface area contributed by atoms with Crippen molar-refractivity contribution in [2.24, 2.45) is 0 Å². The molecule has 1 aromatic heterocycles. The lowest BCUT2D eigenvalue weighted by Crippen LogP contribution is -2.04. The number of hydrogen-bond acceptors (Lipinski definition) is 2. The van der Waals surface area contributed by atoms with E-state index in [-0.39, 0.29) is 0 Å². The lowest BCUT2D eigenvalue weighted by Gasteiger charge is -2.19. The van der Waals surface area contributed by atoms with Crippen LogP contribution in [0.2, 0.25) is 0 Å². The second-order valence-electron chi connectivity index (χ2n) is 4.47. The second kappa shape index (κ2) is 5.19. The van der Waals surface area contributed by atoms with Crippen LogP contribution in [0.25, 0.3) is 0 Å². The van der Waals surface area contributed by atoms with Crippen molar-refractivity contribution in [3.8, 4) is 0 Å². The summed E-state index contributed by atoms with van der Waals surface area (Å²) in [4.78, 5) is 0. The molecule has 0 unspecified atom stereocenters. The smallest absolute Gasteiger partial charge is 0.148 e. The number of hydrogen-bond donors (Lipinski definition) is 2. The number of aromatic amines is 1. The van der Waals surface area contributed by atoms with Crippen LogP contribution >= 0.6 is 0 Å². The van der Waals surface area contributed by atoms with Gasteiger partial charge in [-0.25, -0.2) is 0 Å². The highest BCUT2D eigenvalue weighted by molar-refractivity contribution is 5.36. The zero-order valence-electron chi connectivity index (χ0n) is 9.55. The summed E-state index contributed by atoms with van der Waals surface area (Å²) in [6.07, 6.45) is 7.96. The molecule has 0 aliphatic heterocycles. The number of anilines is 1. The molecule has 1 fully saturated rings. The van der Waals surface area contributed by atoms with Gasteiger partial charge in [0.1, 0.15) is 5.82 Å². The van der Waals surface area contributed by atoms with Crippen LogP contribution in [0.3, 0.4) is 0 Å². The maximum atomic E-state index is 4.29. The first-order valence-corrected chi connectivity index (χ1v) is 6.19. The molecule has 84 valence electrons. The third kappa shape index (κ3) is 2.74. The van der Waals surface area contributed by atoms with Crippen LogP contribution in [-0.2, 0) is 0 Å². The third-order valence-electron chi connectivity index (χ3n) is 3.20. The highest BCUT2D eigenvalue weighted by atomic mass is 15.2. The summed E-state index contributed by atoms with van der Waals surface area (Å²) in [6, 6.07) is 2.19. The van der Waals surface area contributed by atoms with Gasteiger partial charge >= 0.3 is 0 Å². The molecule has 2 rings (SSSR count). The Bertz CT molecular complexity index is 287. The van der Waals surface area contributed by atoms with Crippen molar-refractivity contribution >= 4 is 5.82 Å². The van der Waals surface area contributed by atoms with Gasteiger partial charge in [-0.15, -0.1) is 0 Å². The van der Waals surface area contributed by atoms with E-state index in [4.69, 9.17) is 0 Å². The average molecular weight is 207 g/mol. The molecule has 3 nitrogen and oxygen atoms in total. The van der Waals surface area contributed by atoms with Gasteiger partial charge in [0.15, 0.2) is 0 Å². The van der Waals surface area contributed by atoms with Gasteiger partial charge in [-0.1, -0.05) is 26.2 Å². The molecule has 0 bridgehead atoms. The Morgan fingerprint density at radius 2 is 2.20 bits per heavy atom. The van der Waals surface area contributed by atoms with E-state index < -0.39 is 0 Å². The van der Waals surface area contributed by atoms with E-state index in [2.05, 4.69) is 28.5 Å². The first-order chi connectivity index (χ1) is 7.40. The summed E-state index contributed by atoms with van der Waals surface area (Å²) in [5.74, 6) is 1.74. The van der Waals surface area contributed by atoms with Gasteiger partial charge in [-0.2, -0.15) is 5.10 Å².